The molecule has 2 aromatic carbocycles. The normalized spacial score (nSPS) is 11.3. The first-order valence-corrected chi connectivity index (χ1v) is 9.72. The number of carbonyl (C=O) groups excluding carboxylic acids is 1. The van der Waals surface area contributed by atoms with Crippen LogP contribution < -0.4 is 4.74 Å². The van der Waals surface area contributed by atoms with Crippen molar-refractivity contribution in [3.8, 4) is 11.5 Å². The van der Waals surface area contributed by atoms with E-state index in [0.29, 0.717) is 5.75 Å². The first kappa shape index (κ1) is 21.7. The van der Waals surface area contributed by atoms with Crippen LogP contribution in [0.1, 0.15) is 22.8 Å². The third kappa shape index (κ3) is 6.23. The van der Waals surface area contributed by atoms with Crippen LogP contribution in [0.5, 0.6) is 11.5 Å². The summed E-state index contributed by atoms with van der Waals surface area (Å²) in [6.07, 6.45) is -4.50. The molecule has 0 aliphatic carbocycles. The van der Waals surface area contributed by atoms with Crippen LogP contribution in [0.3, 0.4) is 0 Å². The summed E-state index contributed by atoms with van der Waals surface area (Å²) in [5.74, 6) is 1.18. The van der Waals surface area contributed by atoms with E-state index >= 15 is 0 Å². The van der Waals surface area contributed by atoms with Crippen molar-refractivity contribution in [2.75, 3.05) is 18.1 Å². The van der Waals surface area contributed by atoms with Crippen molar-refractivity contribution in [1.29, 1.82) is 0 Å². The highest BCUT2D eigenvalue weighted by atomic mass is 35.5. The minimum atomic E-state index is -4.50. The number of hydrogen-bond donors (Lipinski definition) is 0. The molecule has 0 aromatic heterocycles. The fraction of sp³-hybridized carbons (Fsp3) is 0.278. The smallest absolute Gasteiger partial charge is 0.416 e. The summed E-state index contributed by atoms with van der Waals surface area (Å²) in [7, 11) is 0. The lowest BCUT2D eigenvalue weighted by molar-refractivity contribution is -0.137. The zero-order valence-electron chi connectivity index (χ0n) is 14.1. The predicted molar refractivity (Wildman–Crippen MR) is 101 cm³/mol. The zero-order valence-corrected chi connectivity index (χ0v) is 16.4. The minimum Gasteiger partial charge on any atom is -0.461 e. The Morgan fingerprint density at radius 3 is 2.48 bits per heavy atom. The highest BCUT2D eigenvalue weighted by Crippen LogP contribution is 2.37. The topological polar surface area (TPSA) is 35.5 Å². The molecule has 0 N–H and O–H groups in total. The van der Waals surface area contributed by atoms with Crippen LogP contribution in [0, 0.1) is 0 Å². The Bertz CT molecular complexity index is 813. The molecule has 0 aliphatic heterocycles. The second-order valence-electron chi connectivity index (χ2n) is 5.22. The van der Waals surface area contributed by atoms with Gasteiger partial charge in [-0.05, 0) is 42.2 Å². The Kier molecular flexibility index (Phi) is 7.70. The molecule has 3 nitrogen and oxygen atoms in total. The van der Waals surface area contributed by atoms with Gasteiger partial charge in [-0.15, -0.1) is 0 Å². The average molecular weight is 439 g/mol. The summed E-state index contributed by atoms with van der Waals surface area (Å²) in [5.41, 5.74) is -0.788. The first-order valence-electron chi connectivity index (χ1n) is 7.81. The van der Waals surface area contributed by atoms with Crippen molar-refractivity contribution in [3.05, 3.63) is 57.6 Å². The van der Waals surface area contributed by atoms with Gasteiger partial charge >= 0.3 is 12.1 Å². The highest BCUT2D eigenvalue weighted by Gasteiger charge is 2.31. The number of rotatable bonds is 7. The van der Waals surface area contributed by atoms with Crippen molar-refractivity contribution in [2.24, 2.45) is 0 Å². The van der Waals surface area contributed by atoms with E-state index < -0.39 is 17.7 Å². The minimum absolute atomic E-state index is 0.0191. The van der Waals surface area contributed by atoms with Gasteiger partial charge in [0.05, 0.1) is 21.2 Å². The number of carbonyl (C=O) groups is 1. The largest absolute Gasteiger partial charge is 0.461 e. The molecule has 0 bridgehead atoms. The first-order chi connectivity index (χ1) is 12.7. The predicted octanol–water partition coefficient (Wildman–Crippen LogP) is 6.71. The van der Waals surface area contributed by atoms with E-state index in [4.69, 9.17) is 32.7 Å². The lowest BCUT2D eigenvalue weighted by atomic mass is 10.2. The van der Waals surface area contributed by atoms with Crippen LogP contribution in [-0.4, -0.2) is 24.1 Å². The molecule has 2 aromatic rings. The molecule has 0 amide bonds. The van der Waals surface area contributed by atoms with E-state index in [9.17, 15) is 18.0 Å². The SMILES string of the molecule is CCSCCOC(=O)c1cc(Oc2ccc(C(F)(F)F)cc2Cl)ccc1Cl. The van der Waals surface area contributed by atoms with E-state index in [1.165, 1.54) is 18.2 Å². The van der Waals surface area contributed by atoms with Crippen LogP contribution in [0.15, 0.2) is 36.4 Å². The van der Waals surface area contributed by atoms with Crippen molar-refractivity contribution in [2.45, 2.75) is 13.1 Å². The van der Waals surface area contributed by atoms with Crippen LogP contribution in [-0.2, 0) is 10.9 Å². The maximum atomic E-state index is 12.7. The van der Waals surface area contributed by atoms with Crippen LogP contribution in [0.4, 0.5) is 13.2 Å². The summed E-state index contributed by atoms with van der Waals surface area (Å²) in [5, 5.41) is -0.0329. The molecule has 146 valence electrons. The quantitative estimate of drug-likeness (QED) is 0.355. The zero-order chi connectivity index (χ0) is 20.0. The molecule has 0 spiro atoms. The van der Waals surface area contributed by atoms with Gasteiger partial charge in [-0.2, -0.15) is 24.9 Å². The summed E-state index contributed by atoms with van der Waals surface area (Å²) >= 11 is 13.5. The van der Waals surface area contributed by atoms with Crippen LogP contribution in [0.25, 0.3) is 0 Å². The lowest BCUT2D eigenvalue weighted by Gasteiger charge is -2.12. The van der Waals surface area contributed by atoms with Gasteiger partial charge in [0, 0.05) is 5.75 Å². The van der Waals surface area contributed by atoms with Gasteiger partial charge in [-0.25, -0.2) is 4.79 Å². The molecule has 0 radical (unpaired) electrons. The molecule has 0 unspecified atom stereocenters. The van der Waals surface area contributed by atoms with Gasteiger partial charge in [0.1, 0.15) is 18.1 Å². The molecule has 9 heteroatoms. The Hall–Kier alpha value is -1.57. The van der Waals surface area contributed by atoms with Crippen molar-refractivity contribution in [1.82, 2.24) is 0 Å². The van der Waals surface area contributed by atoms with E-state index in [1.54, 1.807) is 11.8 Å². The van der Waals surface area contributed by atoms with E-state index in [-0.39, 0.29) is 33.7 Å². The maximum absolute atomic E-state index is 12.7. The molecule has 0 saturated heterocycles. The van der Waals surface area contributed by atoms with Gasteiger partial charge in [0.25, 0.3) is 0 Å². The van der Waals surface area contributed by atoms with E-state index in [2.05, 4.69) is 0 Å². The van der Waals surface area contributed by atoms with Crippen LogP contribution >= 0.6 is 35.0 Å². The molecular weight excluding hydrogens is 424 g/mol. The van der Waals surface area contributed by atoms with Crippen molar-refractivity contribution < 1.29 is 27.4 Å². The van der Waals surface area contributed by atoms with E-state index in [1.807, 2.05) is 6.92 Å². The summed E-state index contributed by atoms with van der Waals surface area (Å²) in [6, 6.07) is 7.00. The number of hydrogen-bond acceptors (Lipinski definition) is 4. The second kappa shape index (κ2) is 9.57. The van der Waals surface area contributed by atoms with Gasteiger partial charge in [-0.1, -0.05) is 30.1 Å². The number of alkyl halides is 3. The van der Waals surface area contributed by atoms with Gasteiger partial charge in [0.15, 0.2) is 0 Å². The van der Waals surface area contributed by atoms with Crippen LogP contribution in [0.2, 0.25) is 10.0 Å². The lowest BCUT2D eigenvalue weighted by Crippen LogP contribution is -2.09. The third-order valence-electron chi connectivity index (χ3n) is 3.31. The molecule has 0 aliphatic rings. The average Bonchev–Trinajstić information content (AvgIpc) is 2.61. The van der Waals surface area contributed by atoms with Crippen molar-refractivity contribution in [3.63, 3.8) is 0 Å². The third-order valence-corrected chi connectivity index (χ3v) is 4.80. The summed E-state index contributed by atoms with van der Waals surface area (Å²) in [6.45, 7) is 2.24. The Labute approximate surface area is 168 Å². The fourth-order valence-corrected chi connectivity index (χ4v) is 2.93. The molecule has 0 fully saturated rings. The summed E-state index contributed by atoms with van der Waals surface area (Å²) in [4.78, 5) is 12.1. The number of thioether (sulfide) groups is 1. The van der Waals surface area contributed by atoms with E-state index in [0.717, 1.165) is 24.0 Å². The Morgan fingerprint density at radius 1 is 1.11 bits per heavy atom. The summed E-state index contributed by atoms with van der Waals surface area (Å²) < 4.78 is 48.7. The van der Waals surface area contributed by atoms with Gasteiger partial charge in [0.2, 0.25) is 0 Å². The number of halogens is 5. The number of esters is 1. The molecule has 0 saturated carbocycles. The Balaban J connectivity index is 2.15. The molecule has 27 heavy (non-hydrogen) atoms. The molecule has 0 atom stereocenters. The second-order valence-corrected chi connectivity index (χ2v) is 7.43. The fourth-order valence-electron chi connectivity index (χ4n) is 2.03. The highest BCUT2D eigenvalue weighted by molar-refractivity contribution is 7.99. The van der Waals surface area contributed by atoms with Gasteiger partial charge in [-0.3, -0.25) is 0 Å². The molecule has 0 heterocycles. The van der Waals surface area contributed by atoms with Gasteiger partial charge < -0.3 is 9.47 Å². The standard InChI is InChI=1S/C18H15Cl2F3O3S/c1-2-27-8-7-25-17(24)13-10-12(4-5-14(13)19)26-16-6-3-11(9-15(16)20)18(21,22)23/h3-6,9-10H,2,7-8H2,1H3. The van der Waals surface area contributed by atoms with Crippen molar-refractivity contribution >= 4 is 40.9 Å². The molecule has 2 rings (SSSR count). The Morgan fingerprint density at radius 2 is 1.85 bits per heavy atom. The number of benzene rings is 2. The number of ether oxygens (including phenoxy) is 2. The maximum Gasteiger partial charge on any atom is 0.416 e. The molecular formula is C18H15Cl2F3O3S. The monoisotopic (exact) mass is 438 g/mol.